The smallest absolute Gasteiger partial charge is 0.160 e. The summed E-state index contributed by atoms with van der Waals surface area (Å²) < 4.78 is 25.8. The van der Waals surface area contributed by atoms with E-state index in [2.05, 4.69) is 0 Å². The molecule has 2 rings (SSSR count). The average molecular weight is 229 g/mol. The Morgan fingerprint density at radius 2 is 1.65 bits per heavy atom. The van der Waals surface area contributed by atoms with Gasteiger partial charge in [0.1, 0.15) is 0 Å². The molecule has 1 unspecified atom stereocenters. The van der Waals surface area contributed by atoms with Gasteiger partial charge >= 0.3 is 0 Å². The summed E-state index contributed by atoms with van der Waals surface area (Å²) in [6, 6.07) is 13.9. The van der Waals surface area contributed by atoms with E-state index >= 15 is 0 Å². The Morgan fingerprint density at radius 1 is 0.941 bits per heavy atom. The van der Waals surface area contributed by atoms with E-state index in [1.165, 1.54) is 6.07 Å². The van der Waals surface area contributed by atoms with E-state index in [1.807, 2.05) is 44.5 Å². The summed E-state index contributed by atoms with van der Waals surface area (Å²) in [5.41, 5.74) is 1.84. The van der Waals surface area contributed by atoms with Gasteiger partial charge in [-0.25, -0.2) is 8.78 Å². The second-order valence-electron chi connectivity index (χ2n) is 4.04. The van der Waals surface area contributed by atoms with Crippen molar-refractivity contribution >= 4 is 12.7 Å². The van der Waals surface area contributed by atoms with Gasteiger partial charge in [0.15, 0.2) is 18.9 Å². The van der Waals surface area contributed by atoms with Crippen LogP contribution in [0, 0.1) is 11.6 Å². The molecule has 0 saturated heterocycles. The molecule has 1 radical (unpaired) electrons. The summed E-state index contributed by atoms with van der Waals surface area (Å²) in [5.74, 6) is -1.45. The molecule has 2 aromatic carbocycles. The maximum atomic E-state index is 13.0. The van der Waals surface area contributed by atoms with Crippen LogP contribution in [0.3, 0.4) is 0 Å². The first kappa shape index (κ1) is 11.8. The zero-order chi connectivity index (χ0) is 12.3. The highest BCUT2D eigenvalue weighted by Crippen LogP contribution is 2.13. The summed E-state index contributed by atoms with van der Waals surface area (Å²) in [5, 5.41) is 0. The third-order valence-electron chi connectivity index (χ3n) is 2.71. The van der Waals surface area contributed by atoms with Gasteiger partial charge in [0.05, 0.1) is 0 Å². The normalized spacial score (nSPS) is 12.2. The number of hydrogen-bond acceptors (Lipinski definition) is 0. The monoisotopic (exact) mass is 229 g/mol. The fourth-order valence-corrected chi connectivity index (χ4v) is 1.76. The van der Waals surface area contributed by atoms with E-state index < -0.39 is 11.6 Å². The molecule has 0 amide bonds. The maximum Gasteiger partial charge on any atom is 0.160 e. The van der Waals surface area contributed by atoms with Gasteiger partial charge in [0, 0.05) is 0 Å². The van der Waals surface area contributed by atoms with Crippen LogP contribution in [0.1, 0.15) is 18.3 Å². The van der Waals surface area contributed by atoms with Crippen LogP contribution in [-0.4, -0.2) is 7.28 Å². The molecule has 0 aliphatic heterocycles. The lowest BCUT2D eigenvalue weighted by molar-refractivity contribution is 0.509. The van der Waals surface area contributed by atoms with Gasteiger partial charge in [-0.3, -0.25) is 0 Å². The minimum Gasteiger partial charge on any atom is -0.204 e. The molecule has 3 heteroatoms. The van der Waals surface area contributed by atoms with Crippen LogP contribution in [0.4, 0.5) is 8.78 Å². The van der Waals surface area contributed by atoms with Crippen molar-refractivity contribution in [2.45, 2.75) is 12.7 Å². The summed E-state index contributed by atoms with van der Waals surface area (Å²) in [6.45, 7) is 2.02. The third kappa shape index (κ3) is 2.93. The van der Waals surface area contributed by atoms with E-state index in [9.17, 15) is 8.78 Å². The van der Waals surface area contributed by atoms with Gasteiger partial charge in [0.25, 0.3) is 0 Å². The molecule has 0 aliphatic rings. The SMILES string of the molecule is CC([B]c1ccc(F)c(F)c1)c1ccccc1. The van der Waals surface area contributed by atoms with Gasteiger partial charge in [-0.05, 0) is 17.9 Å². The van der Waals surface area contributed by atoms with Crippen molar-refractivity contribution in [2.24, 2.45) is 0 Å². The Kier molecular flexibility index (Phi) is 3.57. The molecule has 0 saturated carbocycles. The molecule has 0 spiro atoms. The predicted octanol–water partition coefficient (Wildman–Crippen LogP) is 3.06. The molecular weight excluding hydrogens is 217 g/mol. The Balaban J connectivity index is 2.13. The quantitative estimate of drug-likeness (QED) is 0.709. The van der Waals surface area contributed by atoms with Gasteiger partial charge in [0.2, 0.25) is 0 Å². The number of halogens is 2. The van der Waals surface area contributed by atoms with Crippen LogP contribution in [0.15, 0.2) is 48.5 Å². The lowest BCUT2D eigenvalue weighted by Crippen LogP contribution is -2.21. The Morgan fingerprint density at radius 3 is 2.29 bits per heavy atom. The highest BCUT2D eigenvalue weighted by Gasteiger charge is 2.10. The van der Waals surface area contributed by atoms with Gasteiger partial charge in [-0.1, -0.05) is 54.3 Å². The molecule has 0 nitrogen and oxygen atoms in total. The molecular formula is C14H12BF2. The van der Waals surface area contributed by atoms with E-state index in [-0.39, 0.29) is 5.82 Å². The van der Waals surface area contributed by atoms with Crippen LogP contribution in [0.2, 0.25) is 0 Å². The van der Waals surface area contributed by atoms with Crippen molar-refractivity contribution in [1.29, 1.82) is 0 Å². The van der Waals surface area contributed by atoms with Crippen molar-refractivity contribution in [3.8, 4) is 0 Å². The first-order valence-electron chi connectivity index (χ1n) is 5.51. The van der Waals surface area contributed by atoms with Gasteiger partial charge < -0.3 is 0 Å². The first-order chi connectivity index (χ1) is 8.16. The topological polar surface area (TPSA) is 0 Å². The summed E-state index contributed by atoms with van der Waals surface area (Å²) >= 11 is 0. The highest BCUT2D eigenvalue weighted by molar-refractivity contribution is 6.54. The first-order valence-corrected chi connectivity index (χ1v) is 5.51. The van der Waals surface area contributed by atoms with Crippen LogP contribution < -0.4 is 5.46 Å². The van der Waals surface area contributed by atoms with E-state index in [0.29, 0.717) is 5.46 Å². The molecule has 85 valence electrons. The molecule has 0 N–H and O–H groups in total. The van der Waals surface area contributed by atoms with Crippen LogP contribution in [0.25, 0.3) is 0 Å². The molecule has 0 fully saturated rings. The van der Waals surface area contributed by atoms with Crippen LogP contribution >= 0.6 is 0 Å². The predicted molar refractivity (Wildman–Crippen MR) is 66.6 cm³/mol. The fraction of sp³-hybridized carbons (Fsp3) is 0.143. The van der Waals surface area contributed by atoms with Crippen LogP contribution in [0.5, 0.6) is 0 Å². The molecule has 0 aliphatic carbocycles. The van der Waals surface area contributed by atoms with E-state index in [1.54, 1.807) is 6.07 Å². The van der Waals surface area contributed by atoms with Crippen molar-refractivity contribution in [3.05, 3.63) is 65.7 Å². The highest BCUT2D eigenvalue weighted by atomic mass is 19.2. The maximum absolute atomic E-state index is 13.0. The van der Waals surface area contributed by atoms with Crippen molar-refractivity contribution in [1.82, 2.24) is 0 Å². The lowest BCUT2D eigenvalue weighted by Gasteiger charge is -2.10. The van der Waals surface area contributed by atoms with Gasteiger partial charge in [-0.15, -0.1) is 0 Å². The number of benzene rings is 2. The number of rotatable bonds is 3. The lowest BCUT2D eigenvalue weighted by atomic mass is 9.58. The Bertz CT molecular complexity index is 497. The molecule has 0 heterocycles. The van der Waals surface area contributed by atoms with Crippen molar-refractivity contribution < 1.29 is 8.78 Å². The zero-order valence-electron chi connectivity index (χ0n) is 9.53. The van der Waals surface area contributed by atoms with E-state index in [4.69, 9.17) is 0 Å². The third-order valence-corrected chi connectivity index (χ3v) is 2.71. The fourth-order valence-electron chi connectivity index (χ4n) is 1.76. The Labute approximate surface area is 101 Å². The van der Waals surface area contributed by atoms with Crippen molar-refractivity contribution in [3.63, 3.8) is 0 Å². The molecule has 2 aromatic rings. The zero-order valence-corrected chi connectivity index (χ0v) is 9.53. The second-order valence-corrected chi connectivity index (χ2v) is 4.04. The summed E-state index contributed by atoms with van der Waals surface area (Å²) in [6.07, 6.45) is 0. The number of hydrogen-bond donors (Lipinski definition) is 0. The summed E-state index contributed by atoms with van der Waals surface area (Å²) in [4.78, 5) is 0. The molecule has 1 atom stereocenters. The summed E-state index contributed by atoms with van der Waals surface area (Å²) in [7, 11) is 1.91. The molecule has 0 bridgehead atoms. The van der Waals surface area contributed by atoms with Gasteiger partial charge in [-0.2, -0.15) is 0 Å². The van der Waals surface area contributed by atoms with Crippen molar-refractivity contribution in [2.75, 3.05) is 0 Å². The average Bonchev–Trinajstić information content (AvgIpc) is 2.35. The largest absolute Gasteiger partial charge is 0.204 e. The molecule has 0 aromatic heterocycles. The second kappa shape index (κ2) is 5.13. The minimum absolute atomic E-state index is 0.168. The standard InChI is InChI=1S/C14H12BF2/c1-10(11-5-3-2-4-6-11)15-12-7-8-13(16)14(17)9-12/h2-10H,1H3. The Hall–Kier alpha value is -1.64. The van der Waals surface area contributed by atoms with Crippen LogP contribution in [-0.2, 0) is 0 Å². The minimum atomic E-state index is -0.811. The van der Waals surface area contributed by atoms with E-state index in [0.717, 1.165) is 11.6 Å². The molecule has 17 heavy (non-hydrogen) atoms.